The van der Waals surface area contributed by atoms with Crippen molar-refractivity contribution in [3.63, 3.8) is 0 Å². The minimum atomic E-state index is -4.09. The van der Waals surface area contributed by atoms with E-state index < -0.39 is 22.0 Å². The number of aliphatic carboxylic acids is 1. The van der Waals surface area contributed by atoms with Gasteiger partial charge in [0.05, 0.1) is 31.1 Å². The molecule has 0 aliphatic carbocycles. The Morgan fingerprint density at radius 2 is 1.72 bits per heavy atom. The van der Waals surface area contributed by atoms with Gasteiger partial charge in [-0.1, -0.05) is 26.0 Å². The Hall–Kier alpha value is -1.26. The van der Waals surface area contributed by atoms with E-state index in [1.54, 1.807) is 20.3 Å². The number of carbonyl (C=O) groups excluding carboxylic acids is 2. The van der Waals surface area contributed by atoms with Crippen LogP contribution >= 0.6 is 0 Å². The number of sulfonamides is 1. The summed E-state index contributed by atoms with van der Waals surface area (Å²) >= 11 is 0. The van der Waals surface area contributed by atoms with Crippen LogP contribution in [-0.2, 0) is 26.0 Å². The van der Waals surface area contributed by atoms with Crippen LogP contribution in [0.1, 0.15) is 45.1 Å². The van der Waals surface area contributed by atoms with Crippen molar-refractivity contribution in [1.29, 1.82) is 0 Å². The summed E-state index contributed by atoms with van der Waals surface area (Å²) in [6.07, 6.45) is 1.63. The first-order valence-electron chi connectivity index (χ1n) is 12.6. The molecule has 2 rings (SSSR count). The van der Waals surface area contributed by atoms with E-state index in [2.05, 4.69) is 5.32 Å². The molecule has 0 radical (unpaired) electrons. The van der Waals surface area contributed by atoms with Gasteiger partial charge < -0.3 is 30.4 Å². The summed E-state index contributed by atoms with van der Waals surface area (Å²) in [5.41, 5.74) is 6.93. The number of aryl methyl sites for hydroxylation is 1. The Labute approximate surface area is 290 Å². The maximum Gasteiger partial charge on any atom is 1.00 e. The molecule has 0 aliphatic heterocycles. The number of anilines is 1. The second kappa shape index (κ2) is 17.5. The van der Waals surface area contributed by atoms with E-state index in [1.807, 2.05) is 26.0 Å². The average molecular weight is 682 g/mol. The van der Waals surface area contributed by atoms with Crippen molar-refractivity contribution < 1.29 is 101 Å². The normalized spacial score (nSPS) is 12.1. The molecule has 0 aromatic heterocycles. The summed E-state index contributed by atoms with van der Waals surface area (Å²) in [5, 5.41) is 14.8. The maximum atomic E-state index is 13.3. The Balaban J connectivity index is 0.00000760. The molecule has 0 saturated heterocycles. The van der Waals surface area contributed by atoms with Gasteiger partial charge in [-0.2, -0.15) is 4.31 Å². The van der Waals surface area contributed by atoms with E-state index >= 15 is 0 Å². The molecule has 0 bridgehead atoms. The number of para-hydroxylation sites is 1. The number of nitrogen functional groups attached to an aromatic ring is 1. The quantitative estimate of drug-likeness (QED) is 0.169. The fourth-order valence-electron chi connectivity index (χ4n) is 4.09. The average Bonchev–Trinajstić information content (AvgIpc) is 2.87. The molecule has 0 aliphatic rings. The summed E-state index contributed by atoms with van der Waals surface area (Å²) in [6, 6.07) is 9.79. The molecule has 0 unspecified atom stereocenters. The van der Waals surface area contributed by atoms with Crippen molar-refractivity contribution in [2.24, 2.45) is 5.92 Å². The van der Waals surface area contributed by atoms with Crippen molar-refractivity contribution >= 4 is 27.6 Å². The zero-order valence-electron chi connectivity index (χ0n) is 23.4. The molecule has 12 heteroatoms. The van der Waals surface area contributed by atoms with Crippen molar-refractivity contribution in [3.8, 4) is 11.5 Å². The third-order valence-corrected chi connectivity index (χ3v) is 7.87. The minimum absolute atomic E-state index is 0. The molecule has 39 heavy (non-hydrogen) atoms. The van der Waals surface area contributed by atoms with Gasteiger partial charge in [-0.05, 0) is 67.5 Å². The topological polar surface area (TPSA) is 151 Å². The molecule has 210 valence electrons. The Bertz CT molecular complexity index is 1170. The van der Waals surface area contributed by atoms with Gasteiger partial charge in [0, 0.05) is 25.2 Å². The fourth-order valence-corrected chi connectivity index (χ4v) is 5.86. The second-order valence-electron chi connectivity index (χ2n) is 9.37. The number of hydrogen-bond acceptors (Lipinski definition) is 8. The van der Waals surface area contributed by atoms with Gasteiger partial charge in [0.1, 0.15) is 0 Å². The van der Waals surface area contributed by atoms with Gasteiger partial charge in [-0.3, -0.25) is 4.79 Å². The monoisotopic (exact) mass is 681 g/mol. The van der Waals surface area contributed by atoms with Crippen LogP contribution < -0.4 is 94.5 Å². The molecule has 2 aromatic rings. The predicted octanol–water partition coefficient (Wildman–Crippen LogP) is -1.03. The van der Waals surface area contributed by atoms with Gasteiger partial charge >= 0.3 is 68.9 Å². The SMILES string of the molecule is COc1cccc(CCC(=O)NCCCC[C@@H](C(=O)[O-])N(CC(C)C)S(=O)(=O)c2ccc(N)cc2)c1OC.[Cs+]. The van der Waals surface area contributed by atoms with Gasteiger partial charge in [-0.25, -0.2) is 8.42 Å². The van der Waals surface area contributed by atoms with Crippen LogP contribution in [0.25, 0.3) is 0 Å². The third-order valence-electron chi connectivity index (χ3n) is 5.98. The smallest absolute Gasteiger partial charge is 0.548 e. The largest absolute Gasteiger partial charge is 1.00 e. The van der Waals surface area contributed by atoms with Crippen LogP contribution in [0.4, 0.5) is 5.69 Å². The number of hydrogen-bond donors (Lipinski definition) is 2. The number of nitrogens with one attached hydrogen (secondary N) is 1. The second-order valence-corrected chi connectivity index (χ2v) is 11.3. The molecule has 0 fully saturated rings. The maximum absolute atomic E-state index is 13.3. The molecule has 2 aromatic carbocycles. The summed E-state index contributed by atoms with van der Waals surface area (Å²) in [5.74, 6) is -0.531. The number of unbranched alkanes of at least 4 members (excludes halogenated alkanes) is 1. The number of ether oxygens (including phenoxy) is 2. The number of nitrogens with two attached hydrogens (primary N) is 1. The summed E-state index contributed by atoms with van der Waals surface area (Å²) < 4.78 is 38.3. The molecule has 1 amide bonds. The van der Waals surface area contributed by atoms with Crippen LogP contribution in [-0.4, -0.2) is 58.0 Å². The number of methoxy groups -OCH3 is 2. The standard InChI is InChI=1S/C27H39N3O7S.Cs/c1-19(2)18-30(38(34,35)22-14-12-21(28)13-15-22)23(27(32)33)9-5-6-17-29-25(31)16-11-20-8-7-10-24(36-3)26(20)37-4;/h7-8,10,12-15,19,23H,5-6,9,11,16-18,28H2,1-4H3,(H,29,31)(H,32,33);/q;+1/p-1/t23-;/m0./s1. The van der Waals surface area contributed by atoms with E-state index in [-0.39, 0.29) is 105 Å². The van der Waals surface area contributed by atoms with Crippen LogP contribution in [0.3, 0.4) is 0 Å². The van der Waals surface area contributed by atoms with Gasteiger partial charge in [0.2, 0.25) is 15.9 Å². The third kappa shape index (κ3) is 10.9. The zero-order valence-corrected chi connectivity index (χ0v) is 30.5. The Morgan fingerprint density at radius 3 is 2.28 bits per heavy atom. The van der Waals surface area contributed by atoms with E-state index in [0.29, 0.717) is 43.0 Å². The molecular weight excluding hydrogens is 643 g/mol. The van der Waals surface area contributed by atoms with Gasteiger partial charge in [-0.15, -0.1) is 0 Å². The zero-order chi connectivity index (χ0) is 28.3. The van der Waals surface area contributed by atoms with Gasteiger partial charge in [0.15, 0.2) is 11.5 Å². The van der Waals surface area contributed by atoms with Crippen LogP contribution in [0.5, 0.6) is 11.5 Å². The van der Waals surface area contributed by atoms with Crippen molar-refractivity contribution in [1.82, 2.24) is 9.62 Å². The first-order valence-corrected chi connectivity index (χ1v) is 14.0. The van der Waals surface area contributed by atoms with E-state index in [9.17, 15) is 23.1 Å². The number of carbonyl (C=O) groups is 2. The minimum Gasteiger partial charge on any atom is -0.548 e. The van der Waals surface area contributed by atoms with E-state index in [1.165, 1.54) is 24.3 Å². The summed E-state index contributed by atoms with van der Waals surface area (Å²) in [7, 11) is -0.993. The number of rotatable bonds is 16. The number of amides is 1. The van der Waals surface area contributed by atoms with E-state index in [4.69, 9.17) is 15.2 Å². The number of carboxylic acid groups (broad SMARTS) is 1. The Kier molecular flexibility index (Phi) is 16.1. The van der Waals surface area contributed by atoms with Crippen molar-refractivity contribution in [3.05, 3.63) is 48.0 Å². The predicted molar refractivity (Wildman–Crippen MR) is 143 cm³/mol. The first-order chi connectivity index (χ1) is 18.0. The molecule has 0 spiro atoms. The summed E-state index contributed by atoms with van der Waals surface area (Å²) in [4.78, 5) is 24.3. The molecule has 0 heterocycles. The molecule has 10 nitrogen and oxygen atoms in total. The van der Waals surface area contributed by atoms with Gasteiger partial charge in [0.25, 0.3) is 0 Å². The molecule has 1 atom stereocenters. The number of nitrogens with zero attached hydrogens (tertiary/aromatic N) is 1. The Morgan fingerprint density at radius 1 is 1.05 bits per heavy atom. The molecular formula is C27H38CsN3O7S. The number of benzene rings is 2. The van der Waals surface area contributed by atoms with Crippen LogP contribution in [0, 0.1) is 5.92 Å². The van der Waals surface area contributed by atoms with Crippen molar-refractivity contribution in [2.75, 3.05) is 33.0 Å². The van der Waals surface area contributed by atoms with Crippen molar-refractivity contribution in [2.45, 2.75) is 56.9 Å². The molecule has 0 saturated carbocycles. The molecule has 3 N–H and O–H groups in total. The first kappa shape index (κ1) is 35.8. The van der Waals surface area contributed by atoms with Crippen LogP contribution in [0.2, 0.25) is 0 Å². The number of carboxylic acids is 1. The summed E-state index contributed by atoms with van der Waals surface area (Å²) in [6.45, 7) is 3.99. The fraction of sp³-hybridized carbons (Fsp3) is 0.481. The van der Waals surface area contributed by atoms with E-state index in [0.717, 1.165) is 9.87 Å². The van der Waals surface area contributed by atoms with Crippen LogP contribution in [0.15, 0.2) is 47.4 Å².